The van der Waals surface area contributed by atoms with E-state index < -0.39 is 5.72 Å². The molecule has 1 atom stereocenters. The lowest BCUT2D eigenvalue weighted by molar-refractivity contribution is -0.0298. The summed E-state index contributed by atoms with van der Waals surface area (Å²) in [4.78, 5) is 6.75. The highest BCUT2D eigenvalue weighted by molar-refractivity contribution is 6.02. The third-order valence-corrected chi connectivity index (χ3v) is 4.58. The zero-order valence-electron chi connectivity index (χ0n) is 13.0. The van der Waals surface area contributed by atoms with Gasteiger partial charge in [0.25, 0.3) is 0 Å². The van der Waals surface area contributed by atoms with Crippen LogP contribution in [-0.4, -0.2) is 34.7 Å². The van der Waals surface area contributed by atoms with Gasteiger partial charge in [-0.05, 0) is 23.6 Å². The normalized spacial score (nSPS) is 23.3. The van der Waals surface area contributed by atoms with Gasteiger partial charge in [-0.1, -0.05) is 60.7 Å². The van der Waals surface area contributed by atoms with Crippen molar-refractivity contribution in [3.05, 3.63) is 77.4 Å². The van der Waals surface area contributed by atoms with E-state index in [0.29, 0.717) is 6.42 Å². The van der Waals surface area contributed by atoms with Gasteiger partial charge in [0.15, 0.2) is 5.72 Å². The Morgan fingerprint density at radius 3 is 2.70 bits per heavy atom. The van der Waals surface area contributed by atoms with Crippen LogP contribution in [0.2, 0.25) is 0 Å². The Balaban J connectivity index is 1.75. The molecule has 116 valence electrons. The standard InChI is InChI=1S/C20H20N2O/c23-20(12-11-16-7-2-1-3-8-16)15-17-9-4-5-10-18(17)19-21-13-6-14-22(19)20/h1-5,7-12,23H,6,13-15H2/b12-11+. The van der Waals surface area contributed by atoms with Crippen LogP contribution in [0.1, 0.15) is 23.1 Å². The fourth-order valence-corrected chi connectivity index (χ4v) is 3.42. The van der Waals surface area contributed by atoms with Crippen molar-refractivity contribution in [2.45, 2.75) is 18.6 Å². The van der Waals surface area contributed by atoms with Crippen LogP contribution in [0.5, 0.6) is 0 Å². The van der Waals surface area contributed by atoms with Gasteiger partial charge < -0.3 is 10.0 Å². The fourth-order valence-electron chi connectivity index (χ4n) is 3.42. The van der Waals surface area contributed by atoms with Gasteiger partial charge in [0, 0.05) is 25.1 Å². The summed E-state index contributed by atoms with van der Waals surface area (Å²) in [6.45, 7) is 1.67. The Morgan fingerprint density at radius 2 is 1.83 bits per heavy atom. The first-order valence-electron chi connectivity index (χ1n) is 8.13. The molecular weight excluding hydrogens is 284 g/mol. The van der Waals surface area contributed by atoms with Gasteiger partial charge >= 0.3 is 0 Å². The number of amidine groups is 1. The molecule has 2 heterocycles. The molecule has 23 heavy (non-hydrogen) atoms. The lowest BCUT2D eigenvalue weighted by Gasteiger charge is -2.45. The quantitative estimate of drug-likeness (QED) is 0.925. The Morgan fingerprint density at radius 1 is 1.04 bits per heavy atom. The third-order valence-electron chi connectivity index (χ3n) is 4.58. The van der Waals surface area contributed by atoms with Crippen LogP contribution in [0.4, 0.5) is 0 Å². The average Bonchev–Trinajstić information content (AvgIpc) is 2.61. The Labute approximate surface area is 136 Å². The second-order valence-electron chi connectivity index (χ2n) is 6.17. The van der Waals surface area contributed by atoms with Crippen LogP contribution in [0.3, 0.4) is 0 Å². The van der Waals surface area contributed by atoms with Crippen LogP contribution in [0, 0.1) is 0 Å². The number of hydrogen-bond acceptors (Lipinski definition) is 3. The molecule has 4 rings (SSSR count). The molecule has 2 aromatic rings. The van der Waals surface area contributed by atoms with Crippen molar-refractivity contribution >= 4 is 11.9 Å². The third kappa shape index (κ3) is 2.57. The maximum absolute atomic E-state index is 11.3. The topological polar surface area (TPSA) is 35.8 Å². The number of aliphatic hydroxyl groups is 1. The summed E-state index contributed by atoms with van der Waals surface area (Å²) in [5.41, 5.74) is 2.40. The number of aliphatic imine (C=N–C) groups is 1. The first-order valence-corrected chi connectivity index (χ1v) is 8.13. The van der Waals surface area contributed by atoms with Crippen LogP contribution in [-0.2, 0) is 6.42 Å². The number of nitrogens with zero attached hydrogens (tertiary/aromatic N) is 2. The van der Waals surface area contributed by atoms with E-state index in [1.807, 2.05) is 54.6 Å². The van der Waals surface area contributed by atoms with Gasteiger partial charge in [-0.2, -0.15) is 0 Å². The summed E-state index contributed by atoms with van der Waals surface area (Å²) in [6.07, 6.45) is 5.48. The summed E-state index contributed by atoms with van der Waals surface area (Å²) in [5.74, 6) is 0.929. The summed E-state index contributed by atoms with van der Waals surface area (Å²) >= 11 is 0. The molecule has 2 aromatic carbocycles. The van der Waals surface area contributed by atoms with E-state index in [2.05, 4.69) is 17.0 Å². The minimum atomic E-state index is -1.01. The molecule has 0 aromatic heterocycles. The van der Waals surface area contributed by atoms with Crippen molar-refractivity contribution in [1.29, 1.82) is 0 Å². The van der Waals surface area contributed by atoms with Crippen LogP contribution < -0.4 is 0 Å². The van der Waals surface area contributed by atoms with Gasteiger partial charge in [-0.15, -0.1) is 0 Å². The lowest BCUT2D eigenvalue weighted by atomic mass is 9.88. The first kappa shape index (κ1) is 14.2. The van der Waals surface area contributed by atoms with Crippen molar-refractivity contribution in [1.82, 2.24) is 4.90 Å². The molecule has 3 nitrogen and oxygen atoms in total. The van der Waals surface area contributed by atoms with Crippen molar-refractivity contribution in [2.75, 3.05) is 13.1 Å². The molecule has 0 fully saturated rings. The summed E-state index contributed by atoms with van der Waals surface area (Å²) in [6, 6.07) is 18.4. The van der Waals surface area contributed by atoms with Crippen LogP contribution in [0.15, 0.2) is 65.7 Å². The molecule has 0 spiro atoms. The number of fused-ring (bicyclic) bond motifs is 3. The average molecular weight is 304 g/mol. The highest BCUT2D eigenvalue weighted by Gasteiger charge is 2.40. The summed E-state index contributed by atoms with van der Waals surface area (Å²) in [7, 11) is 0. The highest BCUT2D eigenvalue weighted by atomic mass is 16.3. The molecule has 0 radical (unpaired) electrons. The highest BCUT2D eigenvalue weighted by Crippen LogP contribution is 2.33. The Hall–Kier alpha value is -2.39. The fraction of sp³-hybridized carbons (Fsp3) is 0.250. The van der Waals surface area contributed by atoms with Crippen molar-refractivity contribution in [3.63, 3.8) is 0 Å². The molecule has 0 aliphatic carbocycles. The molecule has 0 saturated carbocycles. The van der Waals surface area contributed by atoms with E-state index in [1.165, 1.54) is 0 Å². The van der Waals surface area contributed by atoms with Crippen molar-refractivity contribution < 1.29 is 5.11 Å². The van der Waals surface area contributed by atoms with E-state index >= 15 is 0 Å². The predicted octanol–water partition coefficient (Wildman–Crippen LogP) is 3.10. The molecule has 3 heteroatoms. The van der Waals surface area contributed by atoms with Gasteiger partial charge in [0.2, 0.25) is 0 Å². The van der Waals surface area contributed by atoms with E-state index in [-0.39, 0.29) is 0 Å². The predicted molar refractivity (Wildman–Crippen MR) is 93.3 cm³/mol. The maximum Gasteiger partial charge on any atom is 0.162 e. The largest absolute Gasteiger partial charge is 0.367 e. The minimum absolute atomic E-state index is 0.589. The minimum Gasteiger partial charge on any atom is -0.367 e. The molecule has 2 aliphatic heterocycles. The van der Waals surface area contributed by atoms with E-state index in [4.69, 9.17) is 4.99 Å². The first-order chi connectivity index (χ1) is 11.3. The molecule has 0 bridgehead atoms. The summed E-state index contributed by atoms with van der Waals surface area (Å²) in [5, 5.41) is 11.3. The van der Waals surface area contributed by atoms with Gasteiger partial charge in [0.1, 0.15) is 5.84 Å². The smallest absolute Gasteiger partial charge is 0.162 e. The maximum atomic E-state index is 11.3. The van der Waals surface area contributed by atoms with E-state index in [0.717, 1.165) is 42.0 Å². The SMILES string of the molecule is OC1(/C=C/c2ccccc2)Cc2ccccc2C2=NCCCN21. The van der Waals surface area contributed by atoms with Crippen molar-refractivity contribution in [3.8, 4) is 0 Å². The summed E-state index contributed by atoms with van der Waals surface area (Å²) < 4.78 is 0. The van der Waals surface area contributed by atoms with E-state index in [9.17, 15) is 5.11 Å². The molecule has 0 saturated heterocycles. The van der Waals surface area contributed by atoms with Crippen molar-refractivity contribution in [2.24, 2.45) is 4.99 Å². The number of rotatable bonds is 2. The second-order valence-corrected chi connectivity index (χ2v) is 6.17. The molecular formula is C20H20N2O. The van der Waals surface area contributed by atoms with Crippen LogP contribution >= 0.6 is 0 Å². The van der Waals surface area contributed by atoms with Gasteiger partial charge in [-0.3, -0.25) is 4.99 Å². The lowest BCUT2D eigenvalue weighted by Crippen LogP contribution is -2.57. The Kier molecular flexibility index (Phi) is 3.50. The monoisotopic (exact) mass is 304 g/mol. The van der Waals surface area contributed by atoms with Gasteiger partial charge in [-0.25, -0.2) is 0 Å². The number of benzene rings is 2. The molecule has 1 unspecified atom stereocenters. The Bertz CT molecular complexity index is 766. The molecule has 1 N–H and O–H groups in total. The zero-order valence-corrected chi connectivity index (χ0v) is 13.0. The number of hydrogen-bond donors (Lipinski definition) is 1. The molecule has 0 amide bonds. The van der Waals surface area contributed by atoms with Gasteiger partial charge in [0.05, 0.1) is 0 Å². The van der Waals surface area contributed by atoms with Crippen LogP contribution in [0.25, 0.3) is 6.08 Å². The van der Waals surface area contributed by atoms with E-state index in [1.54, 1.807) is 0 Å². The molecule has 2 aliphatic rings. The zero-order chi connectivity index (χ0) is 15.7. The second kappa shape index (κ2) is 5.67.